The summed E-state index contributed by atoms with van der Waals surface area (Å²) in [6, 6.07) is 0. The number of nitrogens with one attached hydrogen (secondary N) is 2. The summed E-state index contributed by atoms with van der Waals surface area (Å²) in [5.41, 5.74) is 5.31. The summed E-state index contributed by atoms with van der Waals surface area (Å²) in [5, 5.41) is 6.13. The van der Waals surface area contributed by atoms with Crippen molar-refractivity contribution in [3.05, 3.63) is 24.8 Å². The highest BCUT2D eigenvalue weighted by molar-refractivity contribution is 4.97. The molecule has 0 aromatic carbocycles. The van der Waals surface area contributed by atoms with E-state index in [2.05, 4.69) is 10.6 Å². The van der Waals surface area contributed by atoms with E-state index in [9.17, 15) is 0 Å². The quantitative estimate of drug-likeness (QED) is 0.471. The van der Waals surface area contributed by atoms with Crippen molar-refractivity contribution < 1.29 is 0 Å². The van der Waals surface area contributed by atoms with E-state index < -0.39 is 0 Å². The molecule has 0 spiro atoms. The lowest BCUT2D eigenvalue weighted by molar-refractivity contribution is 0.440. The van der Waals surface area contributed by atoms with Gasteiger partial charge in [-0.25, -0.2) is 0 Å². The first kappa shape index (κ1) is 8.10. The van der Waals surface area contributed by atoms with Crippen LogP contribution in [0.5, 0.6) is 0 Å². The molecule has 0 unspecified atom stereocenters. The fourth-order valence-electron chi connectivity index (χ4n) is 0.798. The predicted molar refractivity (Wildman–Crippen MR) is 45.2 cm³/mol. The zero-order chi connectivity index (χ0) is 7.94. The first-order valence-corrected chi connectivity index (χ1v) is 3.69. The van der Waals surface area contributed by atoms with Crippen molar-refractivity contribution >= 4 is 0 Å². The smallest absolute Gasteiger partial charge is 0.0721 e. The van der Waals surface area contributed by atoms with Gasteiger partial charge in [0.25, 0.3) is 0 Å². The molecule has 1 heterocycles. The lowest BCUT2D eigenvalue weighted by atomic mass is 10.6. The van der Waals surface area contributed by atoms with Crippen molar-refractivity contribution in [2.45, 2.75) is 0 Å². The second-order valence-electron chi connectivity index (χ2n) is 2.26. The van der Waals surface area contributed by atoms with Gasteiger partial charge in [0.1, 0.15) is 0 Å². The van der Waals surface area contributed by atoms with E-state index in [1.165, 1.54) is 0 Å². The molecule has 0 radical (unpaired) electrons. The van der Waals surface area contributed by atoms with Gasteiger partial charge >= 0.3 is 0 Å². The average Bonchev–Trinajstić information content (AvgIpc) is 2.07. The Kier molecular flexibility index (Phi) is 3.51. The average molecular weight is 154 g/mol. The van der Waals surface area contributed by atoms with E-state index in [4.69, 9.17) is 5.73 Å². The molecule has 1 rings (SSSR count). The van der Waals surface area contributed by atoms with Crippen molar-refractivity contribution in [2.24, 2.45) is 5.73 Å². The van der Waals surface area contributed by atoms with Gasteiger partial charge in [0.15, 0.2) is 0 Å². The highest BCUT2D eigenvalue weighted by Crippen LogP contribution is 1.91. The third kappa shape index (κ3) is 3.06. The second-order valence-corrected chi connectivity index (χ2v) is 2.26. The van der Waals surface area contributed by atoms with Crippen molar-refractivity contribution in [3.8, 4) is 0 Å². The molecule has 0 saturated heterocycles. The van der Waals surface area contributed by atoms with Crippen molar-refractivity contribution in [2.75, 3.05) is 19.8 Å². The minimum Gasteiger partial charge on any atom is -0.365 e. The fraction of sp³-hybridized carbons (Fsp3) is 0.429. The molecule has 62 valence electrons. The first-order chi connectivity index (χ1) is 5.43. The molecule has 0 bridgehead atoms. The molecule has 0 aromatic heterocycles. The van der Waals surface area contributed by atoms with Gasteiger partial charge in [-0.05, 0) is 0 Å². The van der Waals surface area contributed by atoms with Crippen LogP contribution in [0.3, 0.4) is 0 Å². The van der Waals surface area contributed by atoms with Crippen LogP contribution in [0.2, 0.25) is 0 Å². The summed E-state index contributed by atoms with van der Waals surface area (Å²) in [7, 11) is 0. The Morgan fingerprint density at radius 2 is 2.09 bits per heavy atom. The van der Waals surface area contributed by atoms with Gasteiger partial charge < -0.3 is 16.0 Å². The molecule has 0 saturated carbocycles. The Morgan fingerprint density at radius 3 is 2.73 bits per heavy atom. The maximum absolute atomic E-state index is 5.31. The number of nitrogens with zero attached hydrogens (tertiary/aromatic N) is 1. The van der Waals surface area contributed by atoms with E-state index >= 15 is 0 Å². The lowest BCUT2D eigenvalue weighted by Gasteiger charge is -2.18. The third-order valence-corrected chi connectivity index (χ3v) is 1.34. The summed E-state index contributed by atoms with van der Waals surface area (Å²) < 4.78 is 0. The molecular formula is C7H14N4. The highest BCUT2D eigenvalue weighted by atomic mass is 15.2. The third-order valence-electron chi connectivity index (χ3n) is 1.34. The van der Waals surface area contributed by atoms with Gasteiger partial charge in [-0.1, -0.05) is 0 Å². The van der Waals surface area contributed by atoms with Crippen LogP contribution >= 0.6 is 0 Å². The number of nitrogens with two attached hydrogens (primary N) is 1. The summed E-state index contributed by atoms with van der Waals surface area (Å²) in [5.74, 6) is 0. The van der Waals surface area contributed by atoms with E-state index in [1.807, 2.05) is 29.7 Å². The monoisotopic (exact) mass is 154 g/mol. The Hall–Kier alpha value is -1.00. The van der Waals surface area contributed by atoms with Crippen LogP contribution in [0.1, 0.15) is 0 Å². The van der Waals surface area contributed by atoms with E-state index in [1.54, 1.807) is 0 Å². The topological polar surface area (TPSA) is 53.3 Å². The molecule has 11 heavy (non-hydrogen) atoms. The minimum atomic E-state index is 0.680. The van der Waals surface area contributed by atoms with Gasteiger partial charge in [0.05, 0.1) is 6.67 Å². The van der Waals surface area contributed by atoms with Crippen LogP contribution in [0.25, 0.3) is 0 Å². The maximum atomic E-state index is 5.31. The van der Waals surface area contributed by atoms with E-state index in [0.717, 1.165) is 13.2 Å². The van der Waals surface area contributed by atoms with Crippen LogP contribution in [-0.2, 0) is 0 Å². The van der Waals surface area contributed by atoms with Gasteiger partial charge in [-0.15, -0.1) is 0 Å². The normalized spacial score (nSPS) is 15.2. The largest absolute Gasteiger partial charge is 0.365 e. The SMILES string of the molecule is NCCNCN1C=CNC=C1. The summed E-state index contributed by atoms with van der Waals surface area (Å²) in [6.45, 7) is 2.34. The minimum absolute atomic E-state index is 0.680. The Bertz CT molecular complexity index is 141. The molecule has 0 aliphatic carbocycles. The van der Waals surface area contributed by atoms with Gasteiger partial charge in [-0.2, -0.15) is 0 Å². The lowest BCUT2D eigenvalue weighted by Crippen LogP contribution is -2.32. The van der Waals surface area contributed by atoms with Crippen LogP contribution in [0.15, 0.2) is 24.8 Å². The summed E-state index contributed by atoms with van der Waals surface area (Å²) in [4.78, 5) is 2.03. The Morgan fingerprint density at radius 1 is 1.36 bits per heavy atom. The van der Waals surface area contributed by atoms with Crippen molar-refractivity contribution in [3.63, 3.8) is 0 Å². The number of hydrogen-bond donors (Lipinski definition) is 3. The molecule has 0 atom stereocenters. The van der Waals surface area contributed by atoms with Crippen molar-refractivity contribution in [1.29, 1.82) is 0 Å². The van der Waals surface area contributed by atoms with Crippen LogP contribution in [0.4, 0.5) is 0 Å². The molecule has 0 fully saturated rings. The zero-order valence-electron chi connectivity index (χ0n) is 6.46. The fourth-order valence-corrected chi connectivity index (χ4v) is 0.798. The van der Waals surface area contributed by atoms with Crippen LogP contribution in [0, 0.1) is 0 Å². The molecular weight excluding hydrogens is 140 g/mol. The first-order valence-electron chi connectivity index (χ1n) is 3.69. The maximum Gasteiger partial charge on any atom is 0.0721 e. The molecule has 0 amide bonds. The van der Waals surface area contributed by atoms with Crippen molar-refractivity contribution in [1.82, 2.24) is 15.5 Å². The number of rotatable bonds is 4. The molecule has 1 aliphatic rings. The van der Waals surface area contributed by atoms with E-state index in [-0.39, 0.29) is 0 Å². The van der Waals surface area contributed by atoms with Gasteiger partial charge in [0, 0.05) is 37.9 Å². The molecule has 4 nitrogen and oxygen atoms in total. The molecule has 0 aromatic rings. The summed E-state index contributed by atoms with van der Waals surface area (Å²) in [6.07, 6.45) is 7.68. The second kappa shape index (κ2) is 4.76. The molecule has 4 heteroatoms. The van der Waals surface area contributed by atoms with Gasteiger partial charge in [-0.3, -0.25) is 5.32 Å². The number of hydrogen-bond acceptors (Lipinski definition) is 4. The van der Waals surface area contributed by atoms with Crippen LogP contribution < -0.4 is 16.4 Å². The Labute approximate surface area is 66.7 Å². The predicted octanol–water partition coefficient (Wildman–Crippen LogP) is -0.660. The van der Waals surface area contributed by atoms with Crippen LogP contribution in [-0.4, -0.2) is 24.7 Å². The van der Waals surface area contributed by atoms with Gasteiger partial charge in [0.2, 0.25) is 0 Å². The Balaban J connectivity index is 2.10. The summed E-state index contributed by atoms with van der Waals surface area (Å²) >= 11 is 0. The highest BCUT2D eigenvalue weighted by Gasteiger charge is 1.94. The molecule has 1 aliphatic heterocycles. The standard InChI is InChI=1S/C7H14N4/c8-1-2-10-7-11-5-3-9-4-6-11/h3-6,9-10H,1-2,7-8H2. The molecule has 4 N–H and O–H groups in total. The zero-order valence-corrected chi connectivity index (χ0v) is 6.46. The van der Waals surface area contributed by atoms with E-state index in [0.29, 0.717) is 6.54 Å².